The summed E-state index contributed by atoms with van der Waals surface area (Å²) in [4.78, 5) is 19.7. The molecule has 6 nitrogen and oxygen atoms in total. The molecule has 0 spiro atoms. The molecule has 3 heterocycles. The number of piperidine rings is 1. The Morgan fingerprint density at radius 3 is 2.60 bits per heavy atom. The Bertz CT molecular complexity index is 1180. The Morgan fingerprint density at radius 2 is 1.97 bits per heavy atom. The zero-order valence-electron chi connectivity index (χ0n) is 20.2. The molecule has 1 aromatic carbocycles. The van der Waals surface area contributed by atoms with Crippen molar-refractivity contribution in [2.75, 3.05) is 18.4 Å². The molecule has 4 rings (SSSR count). The van der Waals surface area contributed by atoms with Gasteiger partial charge in [-0.15, -0.1) is 0 Å². The predicted octanol–water partition coefficient (Wildman–Crippen LogP) is 6.03. The molecule has 1 amide bonds. The van der Waals surface area contributed by atoms with Gasteiger partial charge in [0.1, 0.15) is 11.6 Å². The average Bonchev–Trinajstić information content (AvgIpc) is 3.15. The summed E-state index contributed by atoms with van der Waals surface area (Å²) in [5.74, 6) is 1.12. The SMILES string of the molecule is Cc1ccc(-c2c(C)noc2C)c(C(=O)N2CCC[C@@H](C)C2CNc2ccc(C(F)(F)F)cn2)c1. The van der Waals surface area contributed by atoms with Gasteiger partial charge in [-0.1, -0.05) is 29.8 Å². The number of benzene rings is 1. The first-order chi connectivity index (χ1) is 16.6. The van der Waals surface area contributed by atoms with Crippen molar-refractivity contribution < 1.29 is 22.5 Å². The third-order valence-corrected chi connectivity index (χ3v) is 6.67. The third-order valence-electron chi connectivity index (χ3n) is 6.67. The molecule has 1 N–H and O–H groups in total. The first-order valence-corrected chi connectivity index (χ1v) is 11.7. The van der Waals surface area contributed by atoms with E-state index in [4.69, 9.17) is 4.52 Å². The van der Waals surface area contributed by atoms with Crippen molar-refractivity contribution in [3.63, 3.8) is 0 Å². The molecule has 2 atom stereocenters. The summed E-state index contributed by atoms with van der Waals surface area (Å²) in [5, 5.41) is 7.19. The molecule has 186 valence electrons. The Hall–Kier alpha value is -3.36. The lowest BCUT2D eigenvalue weighted by Gasteiger charge is -2.40. The van der Waals surface area contributed by atoms with Crippen LogP contribution in [0, 0.1) is 26.7 Å². The minimum atomic E-state index is -4.43. The molecule has 35 heavy (non-hydrogen) atoms. The summed E-state index contributed by atoms with van der Waals surface area (Å²) in [6, 6.07) is 7.97. The number of carbonyl (C=O) groups is 1. The number of likely N-dealkylation sites (tertiary alicyclic amines) is 1. The lowest BCUT2D eigenvalue weighted by Crippen LogP contribution is -2.51. The van der Waals surface area contributed by atoms with Crippen LogP contribution >= 0.6 is 0 Å². The number of amides is 1. The van der Waals surface area contributed by atoms with E-state index in [9.17, 15) is 18.0 Å². The van der Waals surface area contributed by atoms with Crippen LogP contribution in [0.5, 0.6) is 0 Å². The van der Waals surface area contributed by atoms with Crippen LogP contribution in [0.2, 0.25) is 0 Å². The van der Waals surface area contributed by atoms with Gasteiger partial charge in [0.25, 0.3) is 5.91 Å². The molecule has 0 radical (unpaired) electrons. The highest BCUT2D eigenvalue weighted by atomic mass is 19.4. The molecule has 0 aliphatic carbocycles. The molecule has 9 heteroatoms. The maximum atomic E-state index is 13.9. The molecular weight excluding hydrogens is 457 g/mol. The largest absolute Gasteiger partial charge is 0.417 e. The monoisotopic (exact) mass is 486 g/mol. The van der Waals surface area contributed by atoms with Crippen molar-refractivity contribution in [1.82, 2.24) is 15.0 Å². The topological polar surface area (TPSA) is 71.3 Å². The van der Waals surface area contributed by atoms with E-state index in [2.05, 4.69) is 22.4 Å². The van der Waals surface area contributed by atoms with E-state index in [0.29, 0.717) is 30.2 Å². The van der Waals surface area contributed by atoms with Crippen molar-refractivity contribution in [2.45, 2.75) is 52.8 Å². The van der Waals surface area contributed by atoms with Gasteiger partial charge in [0, 0.05) is 30.4 Å². The van der Waals surface area contributed by atoms with E-state index in [1.54, 1.807) is 0 Å². The van der Waals surface area contributed by atoms with Crippen LogP contribution in [-0.4, -0.2) is 40.1 Å². The number of carbonyl (C=O) groups excluding carboxylic acids is 1. The van der Waals surface area contributed by atoms with Gasteiger partial charge in [-0.2, -0.15) is 13.2 Å². The van der Waals surface area contributed by atoms with Crippen LogP contribution < -0.4 is 5.32 Å². The number of nitrogens with zero attached hydrogens (tertiary/aromatic N) is 3. The fourth-order valence-electron chi connectivity index (χ4n) is 4.76. The van der Waals surface area contributed by atoms with E-state index >= 15 is 0 Å². The van der Waals surface area contributed by atoms with Gasteiger partial charge in [-0.05, 0) is 63.3 Å². The van der Waals surface area contributed by atoms with Gasteiger partial charge in [0.2, 0.25) is 0 Å². The standard InChI is InChI=1S/C26H29F3N4O2/c1-15-7-9-20(24-17(3)32-35-18(24)4)21(12-15)25(34)33-11-5-6-16(2)22(33)14-31-23-10-8-19(13-30-23)26(27,28)29/h7-10,12-13,16,22H,5-6,11,14H2,1-4H3,(H,30,31)/t16-,22?/m1/s1. The fraction of sp³-hybridized carbons (Fsp3) is 0.423. The number of alkyl halides is 3. The number of anilines is 1. The maximum absolute atomic E-state index is 13.9. The van der Waals surface area contributed by atoms with Gasteiger partial charge in [0.05, 0.1) is 17.3 Å². The van der Waals surface area contributed by atoms with Crippen LogP contribution in [0.1, 0.15) is 52.7 Å². The second-order valence-corrected chi connectivity index (χ2v) is 9.24. The van der Waals surface area contributed by atoms with Crippen molar-refractivity contribution in [1.29, 1.82) is 0 Å². The molecule has 1 saturated heterocycles. The summed E-state index contributed by atoms with van der Waals surface area (Å²) in [5.41, 5.74) is 3.09. The fourth-order valence-corrected chi connectivity index (χ4v) is 4.76. The number of pyridine rings is 1. The molecule has 1 aliphatic rings. The van der Waals surface area contributed by atoms with E-state index in [1.807, 2.05) is 43.9 Å². The van der Waals surface area contributed by atoms with Crippen LogP contribution in [0.4, 0.5) is 19.0 Å². The summed E-state index contributed by atoms with van der Waals surface area (Å²) in [7, 11) is 0. The Morgan fingerprint density at radius 1 is 1.20 bits per heavy atom. The van der Waals surface area contributed by atoms with Crippen LogP contribution in [0.25, 0.3) is 11.1 Å². The Balaban J connectivity index is 1.60. The van der Waals surface area contributed by atoms with Crippen molar-refractivity contribution >= 4 is 11.7 Å². The summed E-state index contributed by atoms with van der Waals surface area (Å²) >= 11 is 0. The number of hydrogen-bond acceptors (Lipinski definition) is 5. The number of hydrogen-bond donors (Lipinski definition) is 1. The molecule has 1 aliphatic heterocycles. The number of rotatable bonds is 5. The van der Waals surface area contributed by atoms with Gasteiger partial charge in [0.15, 0.2) is 0 Å². The van der Waals surface area contributed by atoms with Crippen LogP contribution in [0.15, 0.2) is 41.1 Å². The van der Waals surface area contributed by atoms with Crippen molar-refractivity contribution in [2.24, 2.45) is 5.92 Å². The lowest BCUT2D eigenvalue weighted by molar-refractivity contribution is -0.137. The predicted molar refractivity (Wildman–Crippen MR) is 127 cm³/mol. The molecular formula is C26H29F3N4O2. The van der Waals surface area contributed by atoms with E-state index in [-0.39, 0.29) is 17.9 Å². The zero-order chi connectivity index (χ0) is 25.3. The number of aryl methyl sites for hydroxylation is 3. The van der Waals surface area contributed by atoms with Crippen molar-refractivity contribution in [3.8, 4) is 11.1 Å². The summed E-state index contributed by atoms with van der Waals surface area (Å²) in [6.45, 7) is 8.71. The third kappa shape index (κ3) is 5.18. The lowest BCUT2D eigenvalue weighted by atomic mass is 9.88. The molecule has 2 aromatic heterocycles. The minimum Gasteiger partial charge on any atom is -0.368 e. The van der Waals surface area contributed by atoms with Crippen molar-refractivity contribution in [3.05, 3.63) is 64.7 Å². The second kappa shape index (κ2) is 9.71. The highest BCUT2D eigenvalue weighted by molar-refractivity contribution is 6.01. The molecule has 1 unspecified atom stereocenters. The van der Waals surface area contributed by atoms with Crippen LogP contribution in [-0.2, 0) is 6.18 Å². The normalized spacial score (nSPS) is 18.5. The number of nitrogens with one attached hydrogen (secondary N) is 1. The quantitative estimate of drug-likeness (QED) is 0.477. The van der Waals surface area contributed by atoms with Crippen LogP contribution in [0.3, 0.4) is 0 Å². The number of halogens is 3. The minimum absolute atomic E-state index is 0.0811. The first-order valence-electron chi connectivity index (χ1n) is 11.7. The zero-order valence-corrected chi connectivity index (χ0v) is 20.2. The first kappa shape index (κ1) is 24.8. The molecule has 1 fully saturated rings. The maximum Gasteiger partial charge on any atom is 0.417 e. The second-order valence-electron chi connectivity index (χ2n) is 9.24. The van der Waals surface area contributed by atoms with Gasteiger partial charge in [-0.25, -0.2) is 4.98 Å². The Kier molecular flexibility index (Phi) is 6.87. The van der Waals surface area contributed by atoms with Gasteiger partial charge < -0.3 is 14.7 Å². The molecule has 3 aromatic rings. The smallest absolute Gasteiger partial charge is 0.368 e. The number of aromatic nitrogens is 2. The van der Waals surface area contributed by atoms with E-state index in [1.165, 1.54) is 6.07 Å². The molecule has 0 bridgehead atoms. The van der Waals surface area contributed by atoms with Gasteiger partial charge >= 0.3 is 6.18 Å². The molecule has 0 saturated carbocycles. The highest BCUT2D eigenvalue weighted by Gasteiger charge is 2.34. The summed E-state index contributed by atoms with van der Waals surface area (Å²) in [6.07, 6.45) is -1.77. The highest BCUT2D eigenvalue weighted by Crippen LogP contribution is 2.34. The van der Waals surface area contributed by atoms with E-state index in [0.717, 1.165) is 47.5 Å². The van der Waals surface area contributed by atoms with Gasteiger partial charge in [-0.3, -0.25) is 4.79 Å². The Labute approximate surface area is 202 Å². The van der Waals surface area contributed by atoms with E-state index < -0.39 is 11.7 Å². The summed E-state index contributed by atoms with van der Waals surface area (Å²) < 4.78 is 43.9. The average molecular weight is 487 g/mol.